The molecule has 0 radical (unpaired) electrons. The molecule has 0 spiro atoms. The predicted molar refractivity (Wildman–Crippen MR) is 109 cm³/mol. The molecular weight excluding hydrogens is 347 g/mol. The van der Waals surface area contributed by atoms with Crippen LogP contribution in [0.2, 0.25) is 0 Å². The van der Waals surface area contributed by atoms with Gasteiger partial charge in [0, 0.05) is 19.6 Å². The van der Waals surface area contributed by atoms with Crippen molar-refractivity contribution in [2.24, 2.45) is 11.8 Å². The third-order valence-corrected chi connectivity index (χ3v) is 4.81. The Hall–Kier alpha value is -2.21. The highest BCUT2D eigenvalue weighted by Crippen LogP contribution is 2.25. The number of rotatable bonds is 4. The molecule has 0 bridgehead atoms. The van der Waals surface area contributed by atoms with Gasteiger partial charge >= 0.3 is 0 Å². The second-order valence-electron chi connectivity index (χ2n) is 7.19. The minimum absolute atomic E-state index is 0.238. The van der Waals surface area contributed by atoms with Crippen LogP contribution in [0.5, 0.6) is 0 Å². The Balaban J connectivity index is 1.52. The van der Waals surface area contributed by atoms with E-state index in [0.29, 0.717) is 23.5 Å². The molecule has 0 aliphatic carbocycles. The highest BCUT2D eigenvalue weighted by atomic mass is 32.1. The Morgan fingerprint density at radius 1 is 1.15 bits per heavy atom. The van der Waals surface area contributed by atoms with Gasteiger partial charge in [0.15, 0.2) is 5.11 Å². The molecule has 0 unspecified atom stereocenters. The van der Waals surface area contributed by atoms with E-state index in [1.807, 2.05) is 18.3 Å². The van der Waals surface area contributed by atoms with Gasteiger partial charge in [-0.1, -0.05) is 26.0 Å². The van der Waals surface area contributed by atoms with Gasteiger partial charge in [0.2, 0.25) is 0 Å². The maximum Gasteiger partial charge on any atom is 0.171 e. The molecule has 2 N–H and O–H groups in total. The van der Waals surface area contributed by atoms with E-state index < -0.39 is 0 Å². The first-order valence-electron chi connectivity index (χ1n) is 9.00. The summed E-state index contributed by atoms with van der Waals surface area (Å²) in [5, 5.41) is 6.77. The Labute approximate surface area is 159 Å². The zero-order valence-electron chi connectivity index (χ0n) is 15.2. The molecule has 2 heterocycles. The molecule has 4 nitrogen and oxygen atoms in total. The van der Waals surface area contributed by atoms with Crippen LogP contribution in [0.3, 0.4) is 0 Å². The number of thiocarbonyl (C=S) groups is 1. The lowest BCUT2D eigenvalue weighted by Gasteiger charge is -2.35. The Bertz CT molecular complexity index is 722. The van der Waals surface area contributed by atoms with Gasteiger partial charge in [-0.25, -0.2) is 9.37 Å². The van der Waals surface area contributed by atoms with Crippen molar-refractivity contribution < 1.29 is 4.39 Å². The van der Waals surface area contributed by atoms with Crippen LogP contribution in [0.15, 0.2) is 42.6 Å². The standard InChI is InChI=1S/C20H25FN4S/c1-14-9-15(2)13-25(12-14)19-8-7-18(11-22-19)24-20(26)23-10-16-3-5-17(21)6-4-16/h3-8,11,14-15H,9-10,12-13H2,1-2H3,(H2,23,24,26)/t14-,15-/m1/s1. The number of piperidine rings is 1. The molecule has 1 aliphatic heterocycles. The average Bonchev–Trinajstić information content (AvgIpc) is 2.61. The normalized spacial score (nSPS) is 19.9. The van der Waals surface area contributed by atoms with Gasteiger partial charge in [-0.15, -0.1) is 0 Å². The van der Waals surface area contributed by atoms with E-state index in [0.717, 1.165) is 30.2 Å². The summed E-state index contributed by atoms with van der Waals surface area (Å²) in [4.78, 5) is 6.94. The van der Waals surface area contributed by atoms with Crippen molar-refractivity contribution in [3.63, 3.8) is 0 Å². The monoisotopic (exact) mass is 372 g/mol. The Morgan fingerprint density at radius 3 is 2.46 bits per heavy atom. The van der Waals surface area contributed by atoms with Crippen molar-refractivity contribution >= 4 is 28.8 Å². The Morgan fingerprint density at radius 2 is 1.85 bits per heavy atom. The number of pyridine rings is 1. The second kappa shape index (κ2) is 8.45. The van der Waals surface area contributed by atoms with Gasteiger partial charge in [-0.05, 0) is 60.3 Å². The van der Waals surface area contributed by atoms with Crippen LogP contribution in [0.25, 0.3) is 0 Å². The van der Waals surface area contributed by atoms with E-state index >= 15 is 0 Å². The molecule has 2 atom stereocenters. The largest absolute Gasteiger partial charge is 0.358 e. The summed E-state index contributed by atoms with van der Waals surface area (Å²) < 4.78 is 12.9. The van der Waals surface area contributed by atoms with Gasteiger partial charge < -0.3 is 15.5 Å². The van der Waals surface area contributed by atoms with Crippen LogP contribution in [-0.2, 0) is 6.54 Å². The van der Waals surface area contributed by atoms with Gasteiger partial charge in [0.05, 0.1) is 11.9 Å². The highest BCUT2D eigenvalue weighted by Gasteiger charge is 2.22. The van der Waals surface area contributed by atoms with E-state index in [2.05, 4.69) is 34.4 Å². The zero-order valence-corrected chi connectivity index (χ0v) is 16.0. The predicted octanol–water partition coefficient (Wildman–Crippen LogP) is 4.19. The van der Waals surface area contributed by atoms with Crippen LogP contribution in [0, 0.1) is 17.7 Å². The fourth-order valence-electron chi connectivity index (χ4n) is 3.46. The van der Waals surface area contributed by atoms with Gasteiger partial charge in [-0.3, -0.25) is 0 Å². The van der Waals surface area contributed by atoms with E-state index in [1.54, 1.807) is 12.1 Å². The third kappa shape index (κ3) is 5.14. The molecule has 0 amide bonds. The summed E-state index contributed by atoms with van der Waals surface area (Å²) in [6, 6.07) is 10.4. The number of aromatic nitrogens is 1. The minimum atomic E-state index is -0.238. The maximum atomic E-state index is 12.9. The third-order valence-electron chi connectivity index (χ3n) is 4.56. The van der Waals surface area contributed by atoms with Crippen LogP contribution < -0.4 is 15.5 Å². The number of anilines is 2. The van der Waals surface area contributed by atoms with Crippen molar-refractivity contribution in [2.45, 2.75) is 26.8 Å². The molecule has 1 saturated heterocycles. The molecule has 3 rings (SSSR count). The summed E-state index contributed by atoms with van der Waals surface area (Å²) in [6.45, 7) is 7.25. The van der Waals surface area contributed by atoms with Crippen LogP contribution in [-0.4, -0.2) is 23.2 Å². The molecule has 2 aromatic rings. The summed E-state index contributed by atoms with van der Waals surface area (Å²) >= 11 is 5.32. The number of halogens is 1. The molecule has 1 aromatic heterocycles. The molecule has 138 valence electrons. The van der Waals surface area contributed by atoms with Crippen LogP contribution in [0.4, 0.5) is 15.9 Å². The molecule has 6 heteroatoms. The van der Waals surface area contributed by atoms with Gasteiger partial charge in [-0.2, -0.15) is 0 Å². The fourth-order valence-corrected chi connectivity index (χ4v) is 3.65. The van der Waals surface area contributed by atoms with Gasteiger partial charge in [0.25, 0.3) is 0 Å². The van der Waals surface area contributed by atoms with Crippen molar-refractivity contribution in [3.05, 3.63) is 54.0 Å². The molecule has 1 aliphatic rings. The Kier molecular flexibility index (Phi) is 6.04. The molecule has 1 aromatic carbocycles. The molecule has 26 heavy (non-hydrogen) atoms. The van der Waals surface area contributed by atoms with E-state index in [-0.39, 0.29) is 5.82 Å². The molecular formula is C20H25FN4S. The second-order valence-corrected chi connectivity index (χ2v) is 7.60. The van der Waals surface area contributed by atoms with Crippen molar-refractivity contribution in [1.29, 1.82) is 0 Å². The topological polar surface area (TPSA) is 40.2 Å². The smallest absolute Gasteiger partial charge is 0.171 e. The van der Waals surface area contributed by atoms with E-state index in [9.17, 15) is 4.39 Å². The first-order chi connectivity index (χ1) is 12.5. The maximum absolute atomic E-state index is 12.9. The summed E-state index contributed by atoms with van der Waals surface area (Å²) in [7, 11) is 0. The number of hydrogen-bond acceptors (Lipinski definition) is 3. The highest BCUT2D eigenvalue weighted by molar-refractivity contribution is 7.80. The SMILES string of the molecule is C[C@@H]1C[C@@H](C)CN(c2ccc(NC(=S)NCc3ccc(F)cc3)cn2)C1. The van der Waals surface area contributed by atoms with Crippen molar-refractivity contribution in [1.82, 2.24) is 10.3 Å². The zero-order chi connectivity index (χ0) is 18.5. The fraction of sp³-hybridized carbons (Fsp3) is 0.400. The van der Waals surface area contributed by atoms with E-state index in [1.165, 1.54) is 18.6 Å². The van der Waals surface area contributed by atoms with E-state index in [4.69, 9.17) is 12.2 Å². The number of benzene rings is 1. The molecule has 0 saturated carbocycles. The number of nitrogens with zero attached hydrogens (tertiary/aromatic N) is 2. The quantitative estimate of drug-likeness (QED) is 0.788. The lowest BCUT2D eigenvalue weighted by Crippen LogP contribution is -2.39. The molecule has 1 fully saturated rings. The first kappa shape index (κ1) is 18.6. The first-order valence-corrected chi connectivity index (χ1v) is 9.40. The lowest BCUT2D eigenvalue weighted by molar-refractivity contribution is 0.355. The summed E-state index contributed by atoms with van der Waals surface area (Å²) in [5.41, 5.74) is 1.82. The average molecular weight is 373 g/mol. The van der Waals surface area contributed by atoms with Crippen LogP contribution >= 0.6 is 12.2 Å². The summed E-state index contributed by atoms with van der Waals surface area (Å²) in [6.07, 6.45) is 3.09. The minimum Gasteiger partial charge on any atom is -0.358 e. The van der Waals surface area contributed by atoms with Crippen molar-refractivity contribution in [2.75, 3.05) is 23.3 Å². The van der Waals surface area contributed by atoms with Gasteiger partial charge in [0.1, 0.15) is 11.6 Å². The van der Waals surface area contributed by atoms with Crippen molar-refractivity contribution in [3.8, 4) is 0 Å². The lowest BCUT2D eigenvalue weighted by atomic mass is 9.92. The number of hydrogen-bond donors (Lipinski definition) is 2. The summed E-state index contributed by atoms with van der Waals surface area (Å²) in [5.74, 6) is 2.17. The number of nitrogens with one attached hydrogen (secondary N) is 2. The van der Waals surface area contributed by atoms with Crippen LogP contribution in [0.1, 0.15) is 25.8 Å².